The fourth-order valence-electron chi connectivity index (χ4n) is 1.86. The Bertz CT molecular complexity index is 448. The van der Waals surface area contributed by atoms with Crippen molar-refractivity contribution >= 4 is 5.91 Å². The fraction of sp³-hybridized carbons (Fsp3) is 0.600. The predicted octanol–water partition coefficient (Wildman–Crippen LogP) is 0.531. The third-order valence-electron chi connectivity index (χ3n) is 2.80. The first-order valence-electron chi connectivity index (χ1n) is 5.51. The molecule has 18 heavy (non-hydrogen) atoms. The van der Waals surface area contributed by atoms with Gasteiger partial charge >= 0.3 is 6.18 Å². The molecule has 0 unspecified atom stereocenters. The molecule has 0 bridgehead atoms. The highest BCUT2D eigenvalue weighted by Crippen LogP contribution is 2.28. The summed E-state index contributed by atoms with van der Waals surface area (Å²) < 4.78 is 38.2. The van der Waals surface area contributed by atoms with Crippen molar-refractivity contribution < 1.29 is 18.0 Å². The molecule has 0 saturated carbocycles. The smallest absolute Gasteiger partial charge is 0.347 e. The van der Waals surface area contributed by atoms with E-state index < -0.39 is 17.8 Å². The molecule has 1 amide bonds. The van der Waals surface area contributed by atoms with Crippen molar-refractivity contribution in [2.45, 2.75) is 18.6 Å². The largest absolute Gasteiger partial charge is 0.435 e. The van der Waals surface area contributed by atoms with Crippen molar-refractivity contribution in [1.29, 1.82) is 0 Å². The summed E-state index contributed by atoms with van der Waals surface area (Å²) in [6.07, 6.45) is -3.76. The quantitative estimate of drug-likeness (QED) is 0.817. The third kappa shape index (κ3) is 2.63. The van der Waals surface area contributed by atoms with Crippen LogP contribution < -0.4 is 10.6 Å². The van der Waals surface area contributed by atoms with Crippen LogP contribution in [0.4, 0.5) is 13.2 Å². The summed E-state index contributed by atoms with van der Waals surface area (Å²) in [7, 11) is 1.32. The molecule has 0 aliphatic carbocycles. The average molecular weight is 262 g/mol. The van der Waals surface area contributed by atoms with E-state index in [1.54, 1.807) is 0 Å². The van der Waals surface area contributed by atoms with Crippen LogP contribution >= 0.6 is 0 Å². The lowest BCUT2D eigenvalue weighted by atomic mass is 10.2. The summed E-state index contributed by atoms with van der Waals surface area (Å²) >= 11 is 0. The van der Waals surface area contributed by atoms with Gasteiger partial charge in [0.2, 0.25) is 0 Å². The molecule has 1 atom stereocenters. The number of aromatic nitrogens is 2. The van der Waals surface area contributed by atoms with Gasteiger partial charge in [-0.05, 0) is 13.0 Å². The van der Waals surface area contributed by atoms with E-state index in [9.17, 15) is 18.0 Å². The van der Waals surface area contributed by atoms with E-state index in [-0.39, 0.29) is 11.7 Å². The molecule has 1 aliphatic heterocycles. The van der Waals surface area contributed by atoms with Crippen LogP contribution in [0, 0.1) is 0 Å². The molecule has 0 aromatic carbocycles. The predicted molar refractivity (Wildman–Crippen MR) is 57.0 cm³/mol. The van der Waals surface area contributed by atoms with Crippen molar-refractivity contribution in [3.63, 3.8) is 0 Å². The zero-order valence-corrected chi connectivity index (χ0v) is 9.71. The van der Waals surface area contributed by atoms with Gasteiger partial charge in [-0.3, -0.25) is 9.48 Å². The van der Waals surface area contributed by atoms with E-state index in [0.29, 0.717) is 6.54 Å². The molecule has 2 N–H and O–H groups in total. The Balaban J connectivity index is 2.12. The average Bonchev–Trinajstić information content (AvgIpc) is 2.85. The molecule has 1 aromatic rings. The van der Waals surface area contributed by atoms with E-state index in [2.05, 4.69) is 15.7 Å². The minimum absolute atomic E-state index is 0.0401. The van der Waals surface area contributed by atoms with Crippen LogP contribution in [0.5, 0.6) is 0 Å². The van der Waals surface area contributed by atoms with Crippen molar-refractivity contribution in [2.24, 2.45) is 7.05 Å². The molecule has 1 aromatic heterocycles. The minimum Gasteiger partial charge on any atom is -0.347 e. The Hall–Kier alpha value is -1.57. The monoisotopic (exact) mass is 262 g/mol. The number of hydrogen-bond acceptors (Lipinski definition) is 3. The zero-order valence-electron chi connectivity index (χ0n) is 9.71. The Morgan fingerprint density at radius 2 is 2.33 bits per heavy atom. The van der Waals surface area contributed by atoms with Gasteiger partial charge in [0.05, 0.1) is 0 Å². The second kappa shape index (κ2) is 4.60. The van der Waals surface area contributed by atoms with Crippen LogP contribution in [0.2, 0.25) is 0 Å². The van der Waals surface area contributed by atoms with Gasteiger partial charge in [-0.25, -0.2) is 0 Å². The first-order chi connectivity index (χ1) is 8.38. The number of hydrogen-bond donors (Lipinski definition) is 2. The van der Waals surface area contributed by atoms with E-state index in [0.717, 1.165) is 23.7 Å². The zero-order chi connectivity index (χ0) is 13.3. The molecule has 2 heterocycles. The number of carbonyl (C=O) groups excluding carboxylic acids is 1. The van der Waals surface area contributed by atoms with E-state index in [1.165, 1.54) is 7.05 Å². The number of amides is 1. The number of nitrogens with zero attached hydrogens (tertiary/aromatic N) is 2. The normalized spacial score (nSPS) is 20.1. The Morgan fingerprint density at radius 3 is 2.83 bits per heavy atom. The van der Waals surface area contributed by atoms with Crippen LogP contribution in [0.25, 0.3) is 0 Å². The van der Waals surface area contributed by atoms with Gasteiger partial charge in [-0.2, -0.15) is 18.3 Å². The molecular formula is C10H13F3N4O. The van der Waals surface area contributed by atoms with Gasteiger partial charge in [-0.1, -0.05) is 0 Å². The first kappa shape index (κ1) is 12.9. The maximum atomic E-state index is 12.4. The maximum absolute atomic E-state index is 12.4. The van der Waals surface area contributed by atoms with Gasteiger partial charge in [-0.15, -0.1) is 0 Å². The number of aryl methyl sites for hydroxylation is 1. The van der Waals surface area contributed by atoms with Crippen LogP contribution in [0.3, 0.4) is 0 Å². The number of alkyl halides is 3. The maximum Gasteiger partial charge on any atom is 0.435 e. The van der Waals surface area contributed by atoms with Crippen molar-refractivity contribution in [3.05, 3.63) is 17.5 Å². The van der Waals surface area contributed by atoms with Crippen LogP contribution in [-0.2, 0) is 13.2 Å². The van der Waals surface area contributed by atoms with Gasteiger partial charge < -0.3 is 10.6 Å². The van der Waals surface area contributed by atoms with E-state index in [1.807, 2.05) is 0 Å². The lowest BCUT2D eigenvalue weighted by Gasteiger charge is -2.10. The second-order valence-corrected chi connectivity index (χ2v) is 4.20. The Kier molecular flexibility index (Phi) is 3.29. The Morgan fingerprint density at radius 1 is 1.61 bits per heavy atom. The molecule has 1 fully saturated rings. The van der Waals surface area contributed by atoms with Crippen LogP contribution in [0.15, 0.2) is 6.07 Å². The molecule has 100 valence electrons. The summed E-state index contributed by atoms with van der Waals surface area (Å²) in [4.78, 5) is 11.8. The first-order valence-corrected chi connectivity index (χ1v) is 5.51. The highest BCUT2D eigenvalue weighted by atomic mass is 19.4. The van der Waals surface area contributed by atoms with Gasteiger partial charge in [0.1, 0.15) is 5.69 Å². The molecule has 5 nitrogen and oxygen atoms in total. The Labute approximate surface area is 101 Å². The third-order valence-corrected chi connectivity index (χ3v) is 2.80. The van der Waals surface area contributed by atoms with Gasteiger partial charge in [0, 0.05) is 25.7 Å². The molecular weight excluding hydrogens is 249 g/mol. The molecule has 0 radical (unpaired) electrons. The topological polar surface area (TPSA) is 59.0 Å². The highest BCUT2D eigenvalue weighted by Gasteiger charge is 2.35. The number of halogens is 3. The van der Waals surface area contributed by atoms with Crippen LogP contribution in [-0.4, -0.2) is 34.8 Å². The molecule has 8 heteroatoms. The van der Waals surface area contributed by atoms with Crippen molar-refractivity contribution in [2.75, 3.05) is 13.1 Å². The molecule has 1 saturated heterocycles. The van der Waals surface area contributed by atoms with E-state index in [4.69, 9.17) is 0 Å². The SMILES string of the molecule is Cn1nc(C(F)(F)F)cc1C(=O)N[C@@H]1CCNC1. The summed E-state index contributed by atoms with van der Waals surface area (Å²) in [6.45, 7) is 1.43. The highest BCUT2D eigenvalue weighted by molar-refractivity contribution is 5.92. The lowest BCUT2D eigenvalue weighted by Crippen LogP contribution is -2.37. The summed E-state index contributed by atoms with van der Waals surface area (Å²) in [5.41, 5.74) is -1.14. The number of rotatable bonds is 2. The standard InChI is InChI=1S/C10H13F3N4O/c1-17-7(4-8(16-17)10(11,12)13)9(18)15-6-2-3-14-5-6/h4,6,14H,2-3,5H2,1H3,(H,15,18)/t6-/m1/s1. The van der Waals surface area contributed by atoms with Crippen molar-refractivity contribution in [1.82, 2.24) is 20.4 Å². The van der Waals surface area contributed by atoms with Gasteiger partial charge in [0.25, 0.3) is 5.91 Å². The molecule has 2 rings (SSSR count). The fourth-order valence-corrected chi connectivity index (χ4v) is 1.86. The lowest BCUT2D eigenvalue weighted by molar-refractivity contribution is -0.141. The summed E-state index contributed by atoms with van der Waals surface area (Å²) in [6, 6.07) is 0.722. The second-order valence-electron chi connectivity index (χ2n) is 4.20. The van der Waals surface area contributed by atoms with Gasteiger partial charge in [0.15, 0.2) is 5.69 Å². The summed E-state index contributed by atoms with van der Waals surface area (Å²) in [5.74, 6) is -0.533. The van der Waals surface area contributed by atoms with E-state index >= 15 is 0 Å². The van der Waals surface area contributed by atoms with Crippen LogP contribution in [0.1, 0.15) is 22.6 Å². The molecule has 0 spiro atoms. The summed E-state index contributed by atoms with van der Waals surface area (Å²) in [5, 5.41) is 9.02. The number of nitrogens with one attached hydrogen (secondary N) is 2. The number of carbonyl (C=O) groups is 1. The molecule has 1 aliphatic rings. The van der Waals surface area contributed by atoms with Crippen molar-refractivity contribution in [3.8, 4) is 0 Å². The minimum atomic E-state index is -4.54.